The molecule has 5 heteroatoms. The van der Waals surface area contributed by atoms with Gasteiger partial charge in [0, 0.05) is 13.1 Å². The van der Waals surface area contributed by atoms with Gasteiger partial charge in [0.05, 0.1) is 0 Å². The van der Waals surface area contributed by atoms with Crippen molar-refractivity contribution < 1.29 is 14.3 Å². The van der Waals surface area contributed by atoms with Crippen molar-refractivity contribution in [1.29, 1.82) is 0 Å². The highest BCUT2D eigenvalue weighted by Gasteiger charge is 2.38. The first kappa shape index (κ1) is 8.99. The number of hydrogen-bond acceptors (Lipinski definition) is 4. The topological polar surface area (TPSA) is 72.6 Å². The molecule has 0 aliphatic carbocycles. The van der Waals surface area contributed by atoms with Gasteiger partial charge >= 0.3 is 6.09 Å². The summed E-state index contributed by atoms with van der Waals surface area (Å²) in [5.41, 5.74) is 5.22. The van der Waals surface area contributed by atoms with Crippen molar-refractivity contribution in [3.8, 4) is 0 Å². The van der Waals surface area contributed by atoms with Crippen LogP contribution in [-0.2, 0) is 9.53 Å². The summed E-state index contributed by atoms with van der Waals surface area (Å²) in [7, 11) is 0. The van der Waals surface area contributed by atoms with Crippen LogP contribution in [0.2, 0.25) is 0 Å². The number of carbonyl (C=O) groups excluding carboxylic acids is 2. The normalized spacial score (nSPS) is 23.2. The summed E-state index contributed by atoms with van der Waals surface area (Å²) < 4.78 is 4.77. The number of carbonyl (C=O) groups is 2. The van der Waals surface area contributed by atoms with E-state index in [1.54, 1.807) is 6.92 Å². The molecule has 0 bridgehead atoms. The first-order chi connectivity index (χ1) is 5.70. The standard InChI is InChI=1S/C7H12N2O3/c1-2-5-6(10)9(4-3-8)7(11)12-5/h5H,2-4,8H2,1H3. The van der Waals surface area contributed by atoms with Crippen LogP contribution in [0.4, 0.5) is 4.79 Å². The minimum atomic E-state index is -0.593. The molecule has 0 aromatic rings. The molecule has 0 aromatic heterocycles. The van der Waals surface area contributed by atoms with Crippen LogP contribution in [0.3, 0.4) is 0 Å². The fourth-order valence-electron chi connectivity index (χ4n) is 1.09. The van der Waals surface area contributed by atoms with Crippen LogP contribution in [0.5, 0.6) is 0 Å². The predicted octanol–water partition coefficient (Wildman–Crippen LogP) is -0.298. The third kappa shape index (κ3) is 1.40. The van der Waals surface area contributed by atoms with E-state index in [9.17, 15) is 9.59 Å². The van der Waals surface area contributed by atoms with Gasteiger partial charge in [-0.3, -0.25) is 4.79 Å². The summed E-state index contributed by atoms with van der Waals surface area (Å²) in [6.07, 6.45) is -0.646. The van der Waals surface area contributed by atoms with Crippen molar-refractivity contribution in [3.63, 3.8) is 0 Å². The molecule has 1 aliphatic heterocycles. The number of nitrogens with zero attached hydrogens (tertiary/aromatic N) is 1. The number of rotatable bonds is 3. The van der Waals surface area contributed by atoms with Gasteiger partial charge in [0.1, 0.15) is 0 Å². The maximum Gasteiger partial charge on any atom is 0.417 e. The highest BCUT2D eigenvalue weighted by molar-refractivity contribution is 5.99. The van der Waals surface area contributed by atoms with Gasteiger partial charge in [0.15, 0.2) is 6.10 Å². The number of amides is 2. The summed E-state index contributed by atoms with van der Waals surface area (Å²) in [6.45, 7) is 2.31. The zero-order valence-electron chi connectivity index (χ0n) is 6.95. The summed E-state index contributed by atoms with van der Waals surface area (Å²) in [5, 5.41) is 0. The van der Waals surface area contributed by atoms with E-state index < -0.39 is 12.2 Å². The van der Waals surface area contributed by atoms with Crippen LogP contribution in [0.25, 0.3) is 0 Å². The van der Waals surface area contributed by atoms with E-state index >= 15 is 0 Å². The molecule has 5 nitrogen and oxygen atoms in total. The Hall–Kier alpha value is -1.10. The number of cyclic esters (lactones) is 1. The highest BCUT2D eigenvalue weighted by atomic mass is 16.6. The Morgan fingerprint density at radius 2 is 2.25 bits per heavy atom. The molecule has 0 spiro atoms. The van der Waals surface area contributed by atoms with Crippen LogP contribution < -0.4 is 5.73 Å². The molecule has 68 valence electrons. The first-order valence-electron chi connectivity index (χ1n) is 3.92. The van der Waals surface area contributed by atoms with E-state index in [1.165, 1.54) is 0 Å². The largest absolute Gasteiger partial charge is 0.436 e. The van der Waals surface area contributed by atoms with Crippen LogP contribution in [-0.4, -0.2) is 36.1 Å². The predicted molar refractivity (Wildman–Crippen MR) is 41.3 cm³/mol. The number of ether oxygens (including phenoxy) is 1. The molecule has 1 heterocycles. The van der Waals surface area contributed by atoms with Crippen LogP contribution in [0.15, 0.2) is 0 Å². The van der Waals surface area contributed by atoms with Crippen molar-refractivity contribution >= 4 is 12.0 Å². The smallest absolute Gasteiger partial charge is 0.417 e. The molecule has 12 heavy (non-hydrogen) atoms. The molecule has 1 rings (SSSR count). The first-order valence-corrected chi connectivity index (χ1v) is 3.92. The van der Waals surface area contributed by atoms with Gasteiger partial charge in [-0.15, -0.1) is 0 Å². The number of nitrogens with two attached hydrogens (primary N) is 1. The summed E-state index contributed by atoms with van der Waals surface area (Å²) >= 11 is 0. The zero-order chi connectivity index (χ0) is 9.14. The minimum absolute atomic E-state index is 0.244. The Balaban J connectivity index is 2.64. The van der Waals surface area contributed by atoms with E-state index in [0.717, 1.165) is 4.90 Å². The molecule has 1 unspecified atom stereocenters. The monoisotopic (exact) mass is 172 g/mol. The molecule has 0 saturated carbocycles. The third-order valence-electron chi connectivity index (χ3n) is 1.73. The molecule has 1 saturated heterocycles. The third-order valence-corrected chi connectivity index (χ3v) is 1.73. The van der Waals surface area contributed by atoms with E-state index in [2.05, 4.69) is 0 Å². The van der Waals surface area contributed by atoms with Crippen molar-refractivity contribution in [1.82, 2.24) is 4.90 Å². The van der Waals surface area contributed by atoms with Gasteiger partial charge in [-0.05, 0) is 6.42 Å². The SMILES string of the molecule is CCC1OC(=O)N(CCN)C1=O. The molecular weight excluding hydrogens is 160 g/mol. The van der Waals surface area contributed by atoms with E-state index in [-0.39, 0.29) is 19.0 Å². The molecule has 2 amide bonds. The Morgan fingerprint density at radius 1 is 1.58 bits per heavy atom. The van der Waals surface area contributed by atoms with Crippen molar-refractivity contribution in [2.45, 2.75) is 19.4 Å². The molecule has 2 N–H and O–H groups in total. The van der Waals surface area contributed by atoms with Gasteiger partial charge in [0.2, 0.25) is 0 Å². The van der Waals surface area contributed by atoms with Crippen molar-refractivity contribution in [3.05, 3.63) is 0 Å². The number of imide groups is 1. The Kier molecular flexibility index (Phi) is 2.65. The van der Waals surface area contributed by atoms with Crippen molar-refractivity contribution in [2.24, 2.45) is 5.73 Å². The van der Waals surface area contributed by atoms with Gasteiger partial charge in [-0.1, -0.05) is 6.92 Å². The molecule has 1 fully saturated rings. The fraction of sp³-hybridized carbons (Fsp3) is 0.714. The number of hydrogen-bond donors (Lipinski definition) is 1. The average molecular weight is 172 g/mol. The average Bonchev–Trinajstić information content (AvgIpc) is 2.32. The van der Waals surface area contributed by atoms with Crippen LogP contribution in [0.1, 0.15) is 13.3 Å². The second-order valence-corrected chi connectivity index (χ2v) is 2.56. The minimum Gasteiger partial charge on any atom is -0.436 e. The molecular formula is C7H12N2O3. The van der Waals surface area contributed by atoms with Crippen LogP contribution >= 0.6 is 0 Å². The lowest BCUT2D eigenvalue weighted by molar-refractivity contribution is -0.129. The highest BCUT2D eigenvalue weighted by Crippen LogP contribution is 2.14. The van der Waals surface area contributed by atoms with E-state index in [0.29, 0.717) is 6.42 Å². The Morgan fingerprint density at radius 3 is 2.67 bits per heavy atom. The van der Waals surface area contributed by atoms with Gasteiger partial charge in [-0.25, -0.2) is 9.69 Å². The second-order valence-electron chi connectivity index (χ2n) is 2.56. The summed E-state index contributed by atoms with van der Waals surface area (Å²) in [5.74, 6) is -0.270. The van der Waals surface area contributed by atoms with Crippen molar-refractivity contribution in [2.75, 3.05) is 13.1 Å². The maximum atomic E-state index is 11.3. The molecule has 0 aromatic carbocycles. The second kappa shape index (κ2) is 3.53. The lowest BCUT2D eigenvalue weighted by Crippen LogP contribution is -2.35. The Bertz CT molecular complexity index is 205. The molecule has 1 atom stereocenters. The molecule has 1 aliphatic rings. The summed E-state index contributed by atoms with van der Waals surface area (Å²) in [6, 6.07) is 0. The van der Waals surface area contributed by atoms with Gasteiger partial charge < -0.3 is 10.5 Å². The van der Waals surface area contributed by atoms with E-state index in [1.807, 2.05) is 0 Å². The fourth-order valence-corrected chi connectivity index (χ4v) is 1.09. The zero-order valence-corrected chi connectivity index (χ0v) is 6.95. The Labute approximate surface area is 70.5 Å². The lowest BCUT2D eigenvalue weighted by atomic mass is 10.2. The van der Waals surface area contributed by atoms with Crippen LogP contribution in [0, 0.1) is 0 Å². The quantitative estimate of drug-likeness (QED) is 0.634. The summed E-state index contributed by atoms with van der Waals surface area (Å²) in [4.78, 5) is 23.3. The lowest BCUT2D eigenvalue weighted by Gasteiger charge is -2.07. The molecule has 0 radical (unpaired) electrons. The van der Waals surface area contributed by atoms with Gasteiger partial charge in [-0.2, -0.15) is 0 Å². The van der Waals surface area contributed by atoms with E-state index in [4.69, 9.17) is 10.5 Å². The maximum absolute atomic E-state index is 11.3. The van der Waals surface area contributed by atoms with Gasteiger partial charge in [0.25, 0.3) is 5.91 Å².